The zero-order valence-corrected chi connectivity index (χ0v) is 17.0. The predicted molar refractivity (Wildman–Crippen MR) is 116 cm³/mol. The van der Waals surface area contributed by atoms with E-state index in [9.17, 15) is 0 Å². The first kappa shape index (κ1) is 19.4. The first-order chi connectivity index (χ1) is 14.3. The summed E-state index contributed by atoms with van der Waals surface area (Å²) >= 11 is 0. The number of likely N-dealkylation sites (tertiary alicyclic amines) is 1. The van der Waals surface area contributed by atoms with Crippen LogP contribution in [0.5, 0.6) is 0 Å². The number of nitrogens with zero attached hydrogens (tertiary/aromatic N) is 5. The van der Waals surface area contributed by atoms with Gasteiger partial charge in [-0.15, -0.1) is 10.2 Å². The molecule has 2 aromatic heterocycles. The van der Waals surface area contributed by atoms with Gasteiger partial charge in [-0.25, -0.2) is 0 Å². The van der Waals surface area contributed by atoms with Gasteiger partial charge in [-0.3, -0.25) is 14.3 Å². The summed E-state index contributed by atoms with van der Waals surface area (Å²) in [4.78, 5) is 6.97. The average molecular weight is 392 g/mol. The number of hydrogen-bond donors (Lipinski definition) is 2. The second-order valence-corrected chi connectivity index (χ2v) is 7.46. The van der Waals surface area contributed by atoms with E-state index in [0.717, 1.165) is 37.1 Å². The maximum Gasteiger partial charge on any atom is 0.191 e. The summed E-state index contributed by atoms with van der Waals surface area (Å²) in [6.45, 7) is 3.61. The number of nitrogens with one attached hydrogen (secondary N) is 2. The molecule has 4 rings (SSSR count). The van der Waals surface area contributed by atoms with E-state index < -0.39 is 0 Å². The predicted octanol–water partition coefficient (Wildman–Crippen LogP) is 2.45. The minimum absolute atomic E-state index is 0.511. The fourth-order valence-corrected chi connectivity index (χ4v) is 3.93. The van der Waals surface area contributed by atoms with Crippen molar-refractivity contribution in [3.05, 3.63) is 66.1 Å². The molecule has 1 saturated heterocycles. The third-order valence-corrected chi connectivity index (χ3v) is 5.50. The van der Waals surface area contributed by atoms with Gasteiger partial charge in [0.25, 0.3) is 0 Å². The van der Waals surface area contributed by atoms with Crippen molar-refractivity contribution >= 4 is 11.6 Å². The Morgan fingerprint density at radius 3 is 2.79 bits per heavy atom. The summed E-state index contributed by atoms with van der Waals surface area (Å²) in [6.07, 6.45) is 5.75. The van der Waals surface area contributed by atoms with Crippen molar-refractivity contribution in [2.45, 2.75) is 38.4 Å². The highest BCUT2D eigenvalue weighted by Crippen LogP contribution is 2.19. The van der Waals surface area contributed by atoms with Crippen LogP contribution < -0.4 is 10.6 Å². The van der Waals surface area contributed by atoms with Crippen LogP contribution in [0.2, 0.25) is 0 Å². The number of rotatable bonds is 6. The molecule has 1 aliphatic rings. The van der Waals surface area contributed by atoms with Crippen LogP contribution in [0.1, 0.15) is 30.7 Å². The Labute approximate surface area is 171 Å². The minimum atomic E-state index is 0.511. The Morgan fingerprint density at radius 2 is 1.93 bits per heavy atom. The van der Waals surface area contributed by atoms with E-state index in [0.29, 0.717) is 12.6 Å². The van der Waals surface area contributed by atoms with E-state index in [1.165, 1.54) is 24.8 Å². The lowest BCUT2D eigenvalue weighted by molar-refractivity contribution is 0.141. The molecule has 0 bridgehead atoms. The van der Waals surface area contributed by atoms with Crippen molar-refractivity contribution in [2.24, 2.45) is 4.99 Å². The Hall–Kier alpha value is -2.93. The molecule has 0 radical (unpaired) electrons. The van der Waals surface area contributed by atoms with E-state index in [1.807, 2.05) is 28.8 Å². The van der Waals surface area contributed by atoms with Gasteiger partial charge in [-0.2, -0.15) is 0 Å². The van der Waals surface area contributed by atoms with Crippen LogP contribution in [-0.4, -0.2) is 51.6 Å². The molecule has 3 heterocycles. The quantitative estimate of drug-likeness (QED) is 0.499. The third-order valence-electron chi connectivity index (χ3n) is 5.50. The molecule has 1 fully saturated rings. The van der Waals surface area contributed by atoms with E-state index >= 15 is 0 Å². The van der Waals surface area contributed by atoms with Crippen molar-refractivity contribution < 1.29 is 0 Å². The first-order valence-corrected chi connectivity index (χ1v) is 10.3. The van der Waals surface area contributed by atoms with E-state index in [-0.39, 0.29) is 0 Å². The van der Waals surface area contributed by atoms with Gasteiger partial charge in [0.15, 0.2) is 17.4 Å². The van der Waals surface area contributed by atoms with Gasteiger partial charge in [0, 0.05) is 32.4 Å². The van der Waals surface area contributed by atoms with Gasteiger partial charge >= 0.3 is 0 Å². The van der Waals surface area contributed by atoms with Crippen molar-refractivity contribution in [1.82, 2.24) is 30.1 Å². The van der Waals surface area contributed by atoms with Gasteiger partial charge in [0.1, 0.15) is 0 Å². The fraction of sp³-hybridized carbons (Fsp3) is 0.409. The normalized spacial score (nSPS) is 18.1. The zero-order valence-electron chi connectivity index (χ0n) is 17.0. The highest BCUT2D eigenvalue weighted by molar-refractivity contribution is 5.79. The standard InChI is InChI=1S/C22H29N7/c1-23-22(25-16-21-27-26-20-12-6-8-14-29(20)21)24-15-19-11-5-7-13-28(19)17-18-9-3-2-4-10-18/h2-4,6,8-10,12,14,19H,5,7,11,13,15-17H2,1H3,(H2,23,24,25). The summed E-state index contributed by atoms with van der Waals surface area (Å²) in [6, 6.07) is 17.1. The Balaban J connectivity index is 1.32. The fourth-order valence-electron chi connectivity index (χ4n) is 3.93. The molecule has 1 aromatic carbocycles. The van der Waals surface area contributed by atoms with Crippen LogP contribution in [0, 0.1) is 0 Å². The monoisotopic (exact) mass is 391 g/mol. The SMILES string of the molecule is CN=C(NCc1nnc2ccccn12)NCC1CCCCN1Cc1ccccc1. The van der Waals surface area contributed by atoms with Crippen LogP contribution in [0.3, 0.4) is 0 Å². The summed E-state index contributed by atoms with van der Waals surface area (Å²) in [7, 11) is 1.81. The van der Waals surface area contributed by atoms with Crippen molar-refractivity contribution in [2.75, 3.05) is 20.1 Å². The molecular weight excluding hydrogens is 362 g/mol. The van der Waals surface area contributed by atoms with Crippen LogP contribution in [0.15, 0.2) is 59.7 Å². The first-order valence-electron chi connectivity index (χ1n) is 10.3. The summed E-state index contributed by atoms with van der Waals surface area (Å²) in [5.74, 6) is 1.66. The molecule has 152 valence electrons. The molecule has 0 amide bonds. The van der Waals surface area contributed by atoms with Crippen molar-refractivity contribution in [3.63, 3.8) is 0 Å². The molecule has 0 spiro atoms. The molecular formula is C22H29N7. The molecule has 0 saturated carbocycles. The highest BCUT2D eigenvalue weighted by Gasteiger charge is 2.22. The molecule has 1 atom stereocenters. The second-order valence-electron chi connectivity index (χ2n) is 7.46. The number of aliphatic imine (C=N–C) groups is 1. The van der Waals surface area contributed by atoms with E-state index in [1.54, 1.807) is 7.05 Å². The van der Waals surface area contributed by atoms with E-state index in [4.69, 9.17) is 0 Å². The van der Waals surface area contributed by atoms with Gasteiger partial charge in [0.05, 0.1) is 6.54 Å². The van der Waals surface area contributed by atoms with Crippen molar-refractivity contribution in [3.8, 4) is 0 Å². The summed E-state index contributed by atoms with van der Waals surface area (Å²) in [5, 5.41) is 15.3. The highest BCUT2D eigenvalue weighted by atomic mass is 15.3. The maximum atomic E-state index is 4.38. The molecule has 1 aliphatic heterocycles. The Morgan fingerprint density at radius 1 is 1.07 bits per heavy atom. The number of hydrogen-bond acceptors (Lipinski definition) is 4. The molecule has 29 heavy (non-hydrogen) atoms. The van der Waals surface area contributed by atoms with Crippen LogP contribution >= 0.6 is 0 Å². The minimum Gasteiger partial charge on any atom is -0.355 e. The average Bonchev–Trinajstić information content (AvgIpc) is 3.19. The number of guanidine groups is 1. The van der Waals surface area contributed by atoms with Crippen LogP contribution in [0.25, 0.3) is 5.65 Å². The molecule has 3 aromatic rings. The molecule has 7 nitrogen and oxygen atoms in total. The smallest absolute Gasteiger partial charge is 0.191 e. The Kier molecular flexibility index (Phi) is 6.36. The van der Waals surface area contributed by atoms with Crippen LogP contribution in [0.4, 0.5) is 0 Å². The molecule has 1 unspecified atom stereocenters. The third kappa shape index (κ3) is 4.92. The number of fused-ring (bicyclic) bond motifs is 1. The second kappa shape index (κ2) is 9.52. The summed E-state index contributed by atoms with van der Waals surface area (Å²) < 4.78 is 1.99. The zero-order chi connectivity index (χ0) is 19.9. The molecule has 2 N–H and O–H groups in total. The Bertz CT molecular complexity index is 934. The lowest BCUT2D eigenvalue weighted by atomic mass is 10.0. The topological polar surface area (TPSA) is 69.8 Å². The number of benzene rings is 1. The van der Waals surface area contributed by atoms with Gasteiger partial charge in [0.2, 0.25) is 0 Å². The van der Waals surface area contributed by atoms with E-state index in [2.05, 4.69) is 61.1 Å². The van der Waals surface area contributed by atoms with Crippen molar-refractivity contribution in [1.29, 1.82) is 0 Å². The summed E-state index contributed by atoms with van der Waals surface area (Å²) in [5.41, 5.74) is 2.23. The lowest BCUT2D eigenvalue weighted by Gasteiger charge is -2.36. The molecule has 0 aliphatic carbocycles. The van der Waals surface area contributed by atoms with Gasteiger partial charge in [-0.05, 0) is 37.1 Å². The molecule has 7 heteroatoms. The number of pyridine rings is 1. The largest absolute Gasteiger partial charge is 0.355 e. The van der Waals surface area contributed by atoms with Gasteiger partial charge < -0.3 is 10.6 Å². The van der Waals surface area contributed by atoms with Crippen LogP contribution in [-0.2, 0) is 13.1 Å². The maximum absolute atomic E-state index is 4.38. The lowest BCUT2D eigenvalue weighted by Crippen LogP contribution is -2.48. The number of aromatic nitrogens is 3. The number of piperidine rings is 1. The van der Waals surface area contributed by atoms with Gasteiger partial charge in [-0.1, -0.05) is 42.8 Å².